The van der Waals surface area contributed by atoms with E-state index in [1.165, 1.54) is 12.1 Å². The van der Waals surface area contributed by atoms with Gasteiger partial charge in [0.2, 0.25) is 0 Å². The van der Waals surface area contributed by atoms with E-state index in [2.05, 4.69) is 4.98 Å². The summed E-state index contributed by atoms with van der Waals surface area (Å²) in [6.45, 7) is 1.97. The molecule has 1 aliphatic heterocycles. The minimum atomic E-state index is -0.274. The first-order chi connectivity index (χ1) is 12.7. The summed E-state index contributed by atoms with van der Waals surface area (Å²) in [7, 11) is 0. The quantitative estimate of drug-likeness (QED) is 0.685. The average molecular weight is 370 g/mol. The van der Waals surface area contributed by atoms with Crippen LogP contribution in [0.4, 0.5) is 4.39 Å². The maximum Gasteiger partial charge on any atom is 0.253 e. The number of carbonyl (C=O) groups excluding carboxylic acids is 1. The summed E-state index contributed by atoms with van der Waals surface area (Å²) >= 11 is 1.57. The lowest BCUT2D eigenvalue weighted by atomic mass is 9.98. The van der Waals surface area contributed by atoms with Crippen LogP contribution < -0.4 is 4.74 Å². The maximum absolute atomic E-state index is 13.0. The van der Waals surface area contributed by atoms with Gasteiger partial charge in [0.05, 0.1) is 22.3 Å². The molecule has 2 heterocycles. The number of piperidine rings is 1. The molecule has 134 valence electrons. The zero-order chi connectivity index (χ0) is 17.9. The highest BCUT2D eigenvalue weighted by Gasteiger charge is 2.25. The summed E-state index contributed by atoms with van der Waals surface area (Å²) in [6.07, 6.45) is 1.98. The van der Waals surface area contributed by atoms with Crippen molar-refractivity contribution in [1.29, 1.82) is 0 Å². The molecule has 6 heteroatoms. The third-order valence-electron chi connectivity index (χ3n) is 4.68. The summed E-state index contributed by atoms with van der Waals surface area (Å²) in [6, 6.07) is 11.7. The van der Waals surface area contributed by atoms with Crippen LogP contribution in [0.25, 0.3) is 10.2 Å². The number of halogens is 1. The molecule has 2 aromatic carbocycles. The highest BCUT2D eigenvalue weighted by Crippen LogP contribution is 2.23. The van der Waals surface area contributed by atoms with Gasteiger partial charge < -0.3 is 9.64 Å². The van der Waals surface area contributed by atoms with Crippen molar-refractivity contribution in [3.8, 4) is 5.75 Å². The van der Waals surface area contributed by atoms with Crippen molar-refractivity contribution in [2.75, 3.05) is 19.7 Å². The van der Waals surface area contributed by atoms with Crippen LogP contribution in [0.15, 0.2) is 48.0 Å². The lowest BCUT2D eigenvalue weighted by Gasteiger charge is -2.32. The van der Waals surface area contributed by atoms with Crippen molar-refractivity contribution >= 4 is 27.5 Å². The molecule has 0 radical (unpaired) electrons. The zero-order valence-electron chi connectivity index (χ0n) is 14.2. The Morgan fingerprint density at radius 3 is 2.96 bits per heavy atom. The first-order valence-electron chi connectivity index (χ1n) is 8.70. The lowest BCUT2D eigenvalue weighted by Crippen LogP contribution is -2.41. The molecule has 0 aliphatic carbocycles. The molecule has 0 bridgehead atoms. The molecule has 1 aliphatic rings. The van der Waals surface area contributed by atoms with E-state index in [9.17, 15) is 9.18 Å². The van der Waals surface area contributed by atoms with Gasteiger partial charge in [0, 0.05) is 24.6 Å². The lowest BCUT2D eigenvalue weighted by molar-refractivity contribution is 0.0633. The number of likely N-dealkylation sites (tertiary alicyclic amines) is 1. The maximum atomic E-state index is 13.0. The van der Waals surface area contributed by atoms with Crippen molar-refractivity contribution in [3.05, 3.63) is 59.4 Å². The summed E-state index contributed by atoms with van der Waals surface area (Å²) in [5, 5.41) is 0. The van der Waals surface area contributed by atoms with Crippen molar-refractivity contribution in [1.82, 2.24) is 9.88 Å². The fraction of sp³-hybridized carbons (Fsp3) is 0.300. The third-order valence-corrected chi connectivity index (χ3v) is 5.49. The number of rotatable bonds is 4. The molecule has 1 unspecified atom stereocenters. The molecule has 0 spiro atoms. The molecular weight excluding hydrogens is 351 g/mol. The molecular formula is C20H19FN2O2S. The number of benzene rings is 2. The van der Waals surface area contributed by atoms with E-state index in [0.717, 1.165) is 29.6 Å². The van der Waals surface area contributed by atoms with E-state index in [1.54, 1.807) is 29.0 Å². The Balaban J connectivity index is 1.39. The van der Waals surface area contributed by atoms with Gasteiger partial charge in [-0.1, -0.05) is 0 Å². The van der Waals surface area contributed by atoms with Crippen molar-refractivity contribution < 1.29 is 13.9 Å². The highest BCUT2D eigenvalue weighted by atomic mass is 32.1. The summed E-state index contributed by atoms with van der Waals surface area (Å²) in [4.78, 5) is 19.0. The molecule has 3 aromatic rings. The van der Waals surface area contributed by atoms with E-state index >= 15 is 0 Å². The Labute approximate surface area is 155 Å². The van der Waals surface area contributed by atoms with Crippen LogP contribution in [-0.2, 0) is 0 Å². The summed E-state index contributed by atoms with van der Waals surface area (Å²) in [5.74, 6) is 0.708. The Morgan fingerprint density at radius 2 is 2.12 bits per heavy atom. The smallest absolute Gasteiger partial charge is 0.253 e. The van der Waals surface area contributed by atoms with Gasteiger partial charge >= 0.3 is 0 Å². The minimum absolute atomic E-state index is 0.0476. The predicted octanol–water partition coefficient (Wildman–Crippen LogP) is 4.37. The molecule has 26 heavy (non-hydrogen) atoms. The van der Waals surface area contributed by atoms with Crippen LogP contribution in [0, 0.1) is 11.7 Å². The number of hydrogen-bond donors (Lipinski definition) is 0. The Kier molecular flexibility index (Phi) is 4.84. The number of carbonyl (C=O) groups is 1. The van der Waals surface area contributed by atoms with Gasteiger partial charge in [-0.15, -0.1) is 11.3 Å². The van der Waals surface area contributed by atoms with Crippen LogP contribution in [0.3, 0.4) is 0 Å². The van der Waals surface area contributed by atoms with Gasteiger partial charge in [0.15, 0.2) is 0 Å². The van der Waals surface area contributed by atoms with E-state index in [4.69, 9.17) is 4.74 Å². The second kappa shape index (κ2) is 7.41. The average Bonchev–Trinajstić information content (AvgIpc) is 3.15. The number of fused-ring (bicyclic) bond motifs is 1. The number of hydrogen-bond acceptors (Lipinski definition) is 4. The number of ether oxygens (including phenoxy) is 1. The highest BCUT2D eigenvalue weighted by molar-refractivity contribution is 7.16. The molecule has 1 atom stereocenters. The number of amides is 1. The van der Waals surface area contributed by atoms with Crippen LogP contribution in [-0.4, -0.2) is 35.5 Å². The first-order valence-corrected chi connectivity index (χ1v) is 9.58. The van der Waals surface area contributed by atoms with Crippen molar-refractivity contribution in [2.45, 2.75) is 12.8 Å². The van der Waals surface area contributed by atoms with Gasteiger partial charge in [-0.25, -0.2) is 9.37 Å². The number of nitrogens with zero attached hydrogens (tertiary/aromatic N) is 2. The Morgan fingerprint density at radius 1 is 1.27 bits per heavy atom. The predicted molar refractivity (Wildman–Crippen MR) is 100 cm³/mol. The van der Waals surface area contributed by atoms with Crippen molar-refractivity contribution in [2.24, 2.45) is 5.92 Å². The van der Waals surface area contributed by atoms with Gasteiger partial charge in [-0.2, -0.15) is 0 Å². The Bertz CT molecular complexity index is 910. The second-order valence-corrected chi connectivity index (χ2v) is 7.45. The number of aromatic nitrogens is 1. The van der Waals surface area contributed by atoms with Crippen LogP contribution in [0.1, 0.15) is 23.2 Å². The SMILES string of the molecule is O=C(c1ccc2scnc2c1)N1CCCC(COc2ccc(F)cc2)C1. The first kappa shape index (κ1) is 17.0. The number of thiazole rings is 1. The van der Waals surface area contributed by atoms with Gasteiger partial charge in [0.25, 0.3) is 5.91 Å². The summed E-state index contributed by atoms with van der Waals surface area (Å²) < 4.78 is 19.8. The molecule has 1 aromatic heterocycles. The second-order valence-electron chi connectivity index (χ2n) is 6.56. The molecule has 0 saturated carbocycles. The topological polar surface area (TPSA) is 42.4 Å². The monoisotopic (exact) mass is 370 g/mol. The van der Waals surface area contributed by atoms with Gasteiger partial charge in [0.1, 0.15) is 11.6 Å². The molecule has 1 saturated heterocycles. The van der Waals surface area contributed by atoms with Crippen molar-refractivity contribution in [3.63, 3.8) is 0 Å². The molecule has 1 amide bonds. The van der Waals surface area contributed by atoms with E-state index in [-0.39, 0.29) is 17.6 Å². The minimum Gasteiger partial charge on any atom is -0.493 e. The Hall–Kier alpha value is -2.47. The molecule has 0 N–H and O–H groups in total. The molecule has 4 nitrogen and oxygen atoms in total. The standard InChI is InChI=1S/C20H19FN2O2S/c21-16-4-6-17(7-5-16)25-12-14-2-1-9-23(11-14)20(24)15-3-8-19-18(10-15)22-13-26-19/h3-8,10,13-14H,1-2,9,11-12H2. The van der Waals surface area contributed by atoms with E-state index in [1.807, 2.05) is 23.1 Å². The largest absolute Gasteiger partial charge is 0.493 e. The fourth-order valence-corrected chi connectivity index (χ4v) is 3.96. The zero-order valence-corrected chi connectivity index (χ0v) is 15.0. The van der Waals surface area contributed by atoms with Crippen LogP contribution in [0.5, 0.6) is 5.75 Å². The van der Waals surface area contributed by atoms with Gasteiger partial charge in [-0.3, -0.25) is 4.79 Å². The van der Waals surface area contributed by atoms with Gasteiger partial charge in [-0.05, 0) is 55.3 Å². The normalized spacial score (nSPS) is 17.4. The van der Waals surface area contributed by atoms with Crippen LogP contribution >= 0.6 is 11.3 Å². The van der Waals surface area contributed by atoms with E-state index in [0.29, 0.717) is 24.5 Å². The fourth-order valence-electron chi connectivity index (χ4n) is 3.30. The van der Waals surface area contributed by atoms with E-state index < -0.39 is 0 Å². The molecule has 4 rings (SSSR count). The van der Waals surface area contributed by atoms with Crippen LogP contribution in [0.2, 0.25) is 0 Å². The summed E-state index contributed by atoms with van der Waals surface area (Å²) in [5.41, 5.74) is 3.35. The molecule has 1 fully saturated rings. The third kappa shape index (κ3) is 3.70.